The summed E-state index contributed by atoms with van der Waals surface area (Å²) in [5.41, 5.74) is 6.90. The van der Waals surface area contributed by atoms with Crippen LogP contribution in [0.3, 0.4) is 0 Å². The molecule has 36 heavy (non-hydrogen) atoms. The number of rotatable bonds is 7. The maximum absolute atomic E-state index is 14.0. The number of nitrogens with two attached hydrogens (primary N) is 1. The fourth-order valence-corrected chi connectivity index (χ4v) is 4.60. The van der Waals surface area contributed by atoms with Crippen molar-refractivity contribution >= 4 is 49.8 Å². The summed E-state index contributed by atoms with van der Waals surface area (Å²) in [6, 6.07) is 13.0. The minimum Gasteiger partial charge on any atom is -0.477 e. The van der Waals surface area contributed by atoms with Crippen LogP contribution >= 0.6 is 11.6 Å². The molecule has 4 rings (SSSR count). The maximum atomic E-state index is 14.0. The van der Waals surface area contributed by atoms with Gasteiger partial charge in [-0.3, -0.25) is 4.79 Å². The Morgan fingerprint density at radius 2 is 1.89 bits per heavy atom. The Labute approximate surface area is 211 Å². The van der Waals surface area contributed by atoms with E-state index in [0.717, 1.165) is 23.8 Å². The fraction of sp³-hybridized carbons (Fsp3) is 0.167. The number of benzene rings is 2. The molecule has 4 aromatic rings. The molecule has 0 unspecified atom stereocenters. The molecule has 2 N–H and O–H groups in total. The fourth-order valence-electron chi connectivity index (χ4n) is 3.55. The van der Waals surface area contributed by atoms with Crippen molar-refractivity contribution in [2.75, 3.05) is 23.5 Å². The summed E-state index contributed by atoms with van der Waals surface area (Å²) < 4.78 is 44.3. The molecule has 1 amide bonds. The summed E-state index contributed by atoms with van der Waals surface area (Å²) in [6.07, 6.45) is 0.942. The third-order valence-corrected chi connectivity index (χ3v) is 6.64. The molecular weight excluding hydrogens is 509 g/mol. The highest BCUT2D eigenvalue weighted by Gasteiger charge is 2.26. The lowest BCUT2D eigenvalue weighted by Gasteiger charge is -2.25. The third kappa shape index (κ3) is 5.37. The van der Waals surface area contributed by atoms with Crippen LogP contribution in [0.2, 0.25) is 5.02 Å². The number of anilines is 2. The van der Waals surface area contributed by atoms with Crippen LogP contribution in [0.5, 0.6) is 5.88 Å². The van der Waals surface area contributed by atoms with E-state index in [2.05, 4.69) is 15.2 Å². The molecule has 12 heteroatoms. The second kappa shape index (κ2) is 10.0. The Morgan fingerprint density at radius 3 is 2.56 bits per heavy atom. The number of fused-ring (bicyclic) bond motifs is 1. The van der Waals surface area contributed by atoms with Crippen molar-refractivity contribution in [2.24, 2.45) is 0 Å². The highest BCUT2D eigenvalue weighted by Crippen LogP contribution is 2.30. The molecular formula is C24H21ClFN5O4S. The van der Waals surface area contributed by atoms with E-state index in [1.165, 1.54) is 23.1 Å². The van der Waals surface area contributed by atoms with Crippen molar-refractivity contribution in [3.05, 3.63) is 76.7 Å². The summed E-state index contributed by atoms with van der Waals surface area (Å²) in [4.78, 5) is 18.7. The summed E-state index contributed by atoms with van der Waals surface area (Å²) in [5.74, 6) is -1.02. The number of amides is 1. The van der Waals surface area contributed by atoms with Gasteiger partial charge in [0.05, 0.1) is 34.3 Å². The van der Waals surface area contributed by atoms with Crippen molar-refractivity contribution in [1.29, 1.82) is 0 Å². The zero-order valence-corrected chi connectivity index (χ0v) is 20.8. The van der Waals surface area contributed by atoms with E-state index < -0.39 is 21.6 Å². The van der Waals surface area contributed by atoms with Crippen molar-refractivity contribution in [1.82, 2.24) is 15.2 Å². The number of nitrogens with zero attached hydrogens (tertiary/aromatic N) is 4. The van der Waals surface area contributed by atoms with Gasteiger partial charge in [-0.25, -0.2) is 17.8 Å². The van der Waals surface area contributed by atoms with Crippen LogP contribution in [-0.4, -0.2) is 42.4 Å². The van der Waals surface area contributed by atoms with Gasteiger partial charge in [-0.1, -0.05) is 23.7 Å². The number of sulfone groups is 1. The van der Waals surface area contributed by atoms with E-state index in [1.54, 1.807) is 31.2 Å². The maximum Gasteiger partial charge on any atom is 0.279 e. The normalized spacial score (nSPS) is 11.4. The first-order valence-electron chi connectivity index (χ1n) is 10.7. The lowest BCUT2D eigenvalue weighted by Crippen LogP contribution is -2.32. The van der Waals surface area contributed by atoms with Crippen LogP contribution in [0.4, 0.5) is 15.9 Å². The largest absolute Gasteiger partial charge is 0.477 e. The molecule has 0 spiro atoms. The monoisotopic (exact) mass is 529 g/mol. The molecule has 0 atom stereocenters. The predicted molar refractivity (Wildman–Crippen MR) is 134 cm³/mol. The zero-order valence-electron chi connectivity index (χ0n) is 19.3. The average Bonchev–Trinajstić information content (AvgIpc) is 2.83. The minimum absolute atomic E-state index is 0.0109. The van der Waals surface area contributed by atoms with Crippen LogP contribution in [0.1, 0.15) is 23.0 Å². The Morgan fingerprint density at radius 1 is 1.11 bits per heavy atom. The van der Waals surface area contributed by atoms with E-state index in [9.17, 15) is 17.6 Å². The van der Waals surface area contributed by atoms with Gasteiger partial charge < -0.3 is 15.4 Å². The van der Waals surface area contributed by atoms with Gasteiger partial charge in [0.2, 0.25) is 5.88 Å². The van der Waals surface area contributed by atoms with Crippen molar-refractivity contribution in [2.45, 2.75) is 18.4 Å². The smallest absolute Gasteiger partial charge is 0.279 e. The van der Waals surface area contributed by atoms with Crippen LogP contribution in [0.25, 0.3) is 10.9 Å². The second-order valence-electron chi connectivity index (χ2n) is 7.85. The SMILES string of the molecule is CCOc1ccc(C(=O)N(Cc2ccc3cc(Cl)c(N)nc3c2)c2ccc(F)cc2S(C)(=O)=O)nn1. The zero-order chi connectivity index (χ0) is 26.0. The number of aromatic nitrogens is 3. The quantitative estimate of drug-likeness (QED) is 0.379. The van der Waals surface area contributed by atoms with Crippen molar-refractivity contribution < 1.29 is 22.3 Å². The van der Waals surface area contributed by atoms with Gasteiger partial charge in [0.15, 0.2) is 15.5 Å². The Hall–Kier alpha value is -3.83. The van der Waals surface area contributed by atoms with Gasteiger partial charge in [-0.15, -0.1) is 10.2 Å². The Balaban J connectivity index is 1.82. The lowest BCUT2D eigenvalue weighted by atomic mass is 10.1. The molecule has 186 valence electrons. The minimum atomic E-state index is -3.90. The summed E-state index contributed by atoms with van der Waals surface area (Å²) in [6.45, 7) is 2.07. The number of halogens is 2. The first-order valence-corrected chi connectivity index (χ1v) is 13.0. The number of hydrogen-bond donors (Lipinski definition) is 1. The number of ether oxygens (including phenoxy) is 1. The second-order valence-corrected chi connectivity index (χ2v) is 10.2. The Bertz CT molecular complexity index is 1570. The molecule has 2 heterocycles. The van der Waals surface area contributed by atoms with Crippen LogP contribution < -0.4 is 15.4 Å². The standard InChI is InChI=1S/C24H21ClFN5O4S/c1-3-35-22-9-7-18(29-30-22)24(32)31(20-8-6-16(26)12-21(20)36(2,33)34)13-14-4-5-15-11-17(25)23(27)28-19(15)10-14/h4-12H,3,13H2,1-2H3,(H2,27,28). The Kier molecular flexibility index (Phi) is 7.04. The topological polar surface area (TPSA) is 128 Å². The molecule has 9 nitrogen and oxygen atoms in total. The van der Waals surface area contributed by atoms with Gasteiger partial charge in [0.1, 0.15) is 11.6 Å². The summed E-state index contributed by atoms with van der Waals surface area (Å²) >= 11 is 6.06. The molecule has 2 aromatic heterocycles. The summed E-state index contributed by atoms with van der Waals surface area (Å²) in [5, 5.41) is 8.85. The molecule has 0 radical (unpaired) electrons. The van der Waals surface area contributed by atoms with E-state index in [4.69, 9.17) is 22.1 Å². The van der Waals surface area contributed by atoms with Crippen molar-refractivity contribution in [3.63, 3.8) is 0 Å². The van der Waals surface area contributed by atoms with Crippen molar-refractivity contribution in [3.8, 4) is 5.88 Å². The predicted octanol–water partition coefficient (Wildman–Crippen LogP) is 4.05. The van der Waals surface area contributed by atoms with E-state index in [1.807, 2.05) is 0 Å². The molecule has 0 saturated heterocycles. The third-order valence-electron chi connectivity index (χ3n) is 5.21. The van der Waals surface area contributed by atoms with E-state index in [-0.39, 0.29) is 34.5 Å². The van der Waals surface area contributed by atoms with E-state index in [0.29, 0.717) is 22.7 Å². The van der Waals surface area contributed by atoms with Crippen LogP contribution in [-0.2, 0) is 16.4 Å². The molecule has 0 aliphatic heterocycles. The number of hydrogen-bond acceptors (Lipinski definition) is 8. The molecule has 0 aliphatic rings. The molecule has 0 aliphatic carbocycles. The van der Waals surface area contributed by atoms with Gasteiger partial charge in [0, 0.05) is 17.7 Å². The number of pyridine rings is 1. The summed E-state index contributed by atoms with van der Waals surface area (Å²) in [7, 11) is -3.90. The van der Waals surface area contributed by atoms with Crippen LogP contribution in [0.15, 0.2) is 59.5 Å². The average molecular weight is 530 g/mol. The first-order chi connectivity index (χ1) is 17.1. The molecule has 0 fully saturated rings. The highest BCUT2D eigenvalue weighted by molar-refractivity contribution is 7.90. The molecule has 0 bridgehead atoms. The van der Waals surface area contributed by atoms with E-state index >= 15 is 0 Å². The number of nitrogen functional groups attached to an aromatic ring is 1. The first kappa shape index (κ1) is 25.3. The van der Waals surface area contributed by atoms with Gasteiger partial charge in [-0.05, 0) is 48.9 Å². The van der Waals surface area contributed by atoms with Crippen LogP contribution in [0, 0.1) is 5.82 Å². The molecule has 0 saturated carbocycles. The van der Waals surface area contributed by atoms with Gasteiger partial charge in [0.25, 0.3) is 5.91 Å². The number of carbonyl (C=O) groups excluding carboxylic acids is 1. The highest BCUT2D eigenvalue weighted by atomic mass is 35.5. The van der Waals surface area contributed by atoms with Gasteiger partial charge >= 0.3 is 0 Å². The lowest BCUT2D eigenvalue weighted by molar-refractivity contribution is 0.0978. The molecule has 2 aromatic carbocycles. The number of carbonyl (C=O) groups is 1. The van der Waals surface area contributed by atoms with Gasteiger partial charge in [-0.2, -0.15) is 0 Å².